The number of hydrogen-bond acceptors (Lipinski definition) is 2. The number of methoxy groups -OCH3 is 1. The third-order valence-electron chi connectivity index (χ3n) is 1.90. The zero-order chi connectivity index (χ0) is 9.68. The molecular weight excluding hydrogens is 186 g/mol. The molecule has 0 fully saturated rings. The first-order chi connectivity index (χ1) is 6.29. The summed E-state index contributed by atoms with van der Waals surface area (Å²) in [6.07, 6.45) is 1.87. The molecule has 72 valence electrons. The Bertz CT molecular complexity index is 276. The van der Waals surface area contributed by atoms with E-state index in [1.165, 1.54) is 0 Å². The summed E-state index contributed by atoms with van der Waals surface area (Å²) >= 11 is 5.95. The molecule has 0 bridgehead atoms. The van der Waals surface area contributed by atoms with Gasteiger partial charge in [0.2, 0.25) is 0 Å². The molecule has 1 rings (SSSR count). The lowest BCUT2D eigenvalue weighted by molar-refractivity contribution is 0.409. The fraction of sp³-hybridized carbons (Fsp3) is 0.400. The van der Waals surface area contributed by atoms with Gasteiger partial charge in [-0.05, 0) is 31.0 Å². The van der Waals surface area contributed by atoms with Crippen molar-refractivity contribution in [3.05, 3.63) is 28.8 Å². The molecule has 1 aromatic rings. The second-order valence-corrected chi connectivity index (χ2v) is 3.23. The first-order valence-corrected chi connectivity index (χ1v) is 4.69. The minimum atomic E-state index is 0.664. The first kappa shape index (κ1) is 10.4. The van der Waals surface area contributed by atoms with Gasteiger partial charge in [-0.25, -0.2) is 0 Å². The van der Waals surface area contributed by atoms with Crippen LogP contribution in [-0.4, -0.2) is 13.7 Å². The van der Waals surface area contributed by atoms with Crippen LogP contribution in [0.15, 0.2) is 18.2 Å². The summed E-state index contributed by atoms with van der Waals surface area (Å²) < 4.78 is 5.20. The van der Waals surface area contributed by atoms with E-state index in [4.69, 9.17) is 22.1 Å². The highest BCUT2D eigenvalue weighted by molar-refractivity contribution is 6.32. The molecule has 0 heterocycles. The average Bonchev–Trinajstić information content (AvgIpc) is 2.15. The van der Waals surface area contributed by atoms with Gasteiger partial charge in [-0.15, -0.1) is 0 Å². The zero-order valence-electron chi connectivity index (χ0n) is 7.72. The molecule has 0 aliphatic rings. The van der Waals surface area contributed by atoms with Crippen LogP contribution < -0.4 is 10.5 Å². The highest BCUT2D eigenvalue weighted by atomic mass is 35.5. The van der Waals surface area contributed by atoms with E-state index in [-0.39, 0.29) is 0 Å². The monoisotopic (exact) mass is 199 g/mol. The quantitative estimate of drug-likeness (QED) is 0.808. The van der Waals surface area contributed by atoms with E-state index in [0.717, 1.165) is 24.2 Å². The number of hydrogen-bond donors (Lipinski definition) is 1. The summed E-state index contributed by atoms with van der Waals surface area (Å²) in [7, 11) is 1.63. The van der Waals surface area contributed by atoms with Gasteiger partial charge in [0.15, 0.2) is 0 Å². The third kappa shape index (κ3) is 2.61. The van der Waals surface area contributed by atoms with Crippen molar-refractivity contribution in [2.45, 2.75) is 12.8 Å². The van der Waals surface area contributed by atoms with E-state index < -0.39 is 0 Å². The summed E-state index contributed by atoms with van der Waals surface area (Å²) in [5.41, 5.74) is 6.56. The van der Waals surface area contributed by atoms with Crippen molar-refractivity contribution in [1.82, 2.24) is 0 Å². The molecule has 0 unspecified atom stereocenters. The molecule has 0 aliphatic heterocycles. The van der Waals surface area contributed by atoms with Gasteiger partial charge in [-0.2, -0.15) is 0 Å². The molecule has 0 aliphatic carbocycles. The van der Waals surface area contributed by atoms with Crippen molar-refractivity contribution < 1.29 is 4.74 Å². The number of rotatable bonds is 4. The molecule has 3 heteroatoms. The van der Waals surface area contributed by atoms with Crippen LogP contribution >= 0.6 is 11.6 Å². The molecule has 2 nitrogen and oxygen atoms in total. The average molecular weight is 200 g/mol. The van der Waals surface area contributed by atoms with E-state index >= 15 is 0 Å². The lowest BCUT2D eigenvalue weighted by atomic mass is 10.1. The standard InChI is InChI=1S/C10H14ClNO/c1-13-10-8(5-3-7-12)4-2-6-9(10)11/h2,4,6H,3,5,7,12H2,1H3. The summed E-state index contributed by atoms with van der Waals surface area (Å²) in [4.78, 5) is 0. The Morgan fingerprint density at radius 3 is 2.85 bits per heavy atom. The lowest BCUT2D eigenvalue weighted by Crippen LogP contribution is -2.01. The fourth-order valence-corrected chi connectivity index (χ4v) is 1.54. The predicted octanol–water partition coefficient (Wildman–Crippen LogP) is 2.24. The Balaban J connectivity index is 2.85. The van der Waals surface area contributed by atoms with Gasteiger partial charge in [-0.1, -0.05) is 23.7 Å². The summed E-state index contributed by atoms with van der Waals surface area (Å²) in [5.74, 6) is 0.776. The van der Waals surface area contributed by atoms with Crippen LogP contribution in [0.1, 0.15) is 12.0 Å². The predicted molar refractivity (Wildman–Crippen MR) is 55.4 cm³/mol. The van der Waals surface area contributed by atoms with Crippen molar-refractivity contribution >= 4 is 11.6 Å². The zero-order valence-corrected chi connectivity index (χ0v) is 8.47. The van der Waals surface area contributed by atoms with Gasteiger partial charge in [0.25, 0.3) is 0 Å². The molecule has 2 N–H and O–H groups in total. The van der Waals surface area contributed by atoms with Crippen molar-refractivity contribution in [2.24, 2.45) is 5.73 Å². The molecule has 0 saturated carbocycles. The number of ether oxygens (including phenoxy) is 1. The number of nitrogens with two attached hydrogens (primary N) is 1. The Morgan fingerprint density at radius 1 is 1.46 bits per heavy atom. The van der Waals surface area contributed by atoms with E-state index in [9.17, 15) is 0 Å². The summed E-state index contributed by atoms with van der Waals surface area (Å²) in [5, 5.41) is 0.664. The summed E-state index contributed by atoms with van der Waals surface area (Å²) in [6, 6.07) is 5.77. The molecule has 0 saturated heterocycles. The molecule has 13 heavy (non-hydrogen) atoms. The number of aryl methyl sites for hydroxylation is 1. The normalized spacial score (nSPS) is 10.1. The Morgan fingerprint density at radius 2 is 2.23 bits per heavy atom. The van der Waals surface area contributed by atoms with Crippen molar-refractivity contribution in [3.8, 4) is 5.75 Å². The maximum atomic E-state index is 5.95. The van der Waals surface area contributed by atoms with Crippen molar-refractivity contribution in [1.29, 1.82) is 0 Å². The van der Waals surface area contributed by atoms with Crippen LogP contribution in [-0.2, 0) is 6.42 Å². The van der Waals surface area contributed by atoms with E-state index in [1.807, 2.05) is 18.2 Å². The SMILES string of the molecule is COc1c(Cl)cccc1CCCN. The Labute approximate surface area is 83.6 Å². The maximum Gasteiger partial charge on any atom is 0.140 e. The third-order valence-corrected chi connectivity index (χ3v) is 2.20. The van der Waals surface area contributed by atoms with Gasteiger partial charge in [-0.3, -0.25) is 0 Å². The van der Waals surface area contributed by atoms with Gasteiger partial charge in [0.05, 0.1) is 12.1 Å². The summed E-state index contributed by atoms with van der Waals surface area (Å²) in [6.45, 7) is 0.690. The molecule has 0 amide bonds. The second kappa shape index (κ2) is 5.10. The highest BCUT2D eigenvalue weighted by Crippen LogP contribution is 2.28. The molecule has 0 atom stereocenters. The van der Waals surface area contributed by atoms with Crippen molar-refractivity contribution in [2.75, 3.05) is 13.7 Å². The van der Waals surface area contributed by atoms with E-state index in [1.54, 1.807) is 7.11 Å². The number of para-hydroxylation sites is 1. The van der Waals surface area contributed by atoms with Gasteiger partial charge < -0.3 is 10.5 Å². The topological polar surface area (TPSA) is 35.2 Å². The number of halogens is 1. The Kier molecular flexibility index (Phi) is 4.06. The van der Waals surface area contributed by atoms with Crippen LogP contribution in [0, 0.1) is 0 Å². The molecule has 0 aromatic heterocycles. The van der Waals surface area contributed by atoms with Gasteiger partial charge >= 0.3 is 0 Å². The maximum absolute atomic E-state index is 5.95. The van der Waals surface area contributed by atoms with E-state index in [2.05, 4.69) is 0 Å². The first-order valence-electron chi connectivity index (χ1n) is 4.31. The second-order valence-electron chi connectivity index (χ2n) is 2.82. The van der Waals surface area contributed by atoms with Crippen molar-refractivity contribution in [3.63, 3.8) is 0 Å². The largest absolute Gasteiger partial charge is 0.495 e. The lowest BCUT2D eigenvalue weighted by Gasteiger charge is -2.08. The minimum absolute atomic E-state index is 0.664. The number of benzene rings is 1. The van der Waals surface area contributed by atoms with Gasteiger partial charge in [0.1, 0.15) is 5.75 Å². The Hall–Kier alpha value is -0.730. The fourth-order valence-electron chi connectivity index (χ4n) is 1.27. The van der Waals surface area contributed by atoms with Crippen LogP contribution in [0.5, 0.6) is 5.75 Å². The smallest absolute Gasteiger partial charge is 0.140 e. The molecule has 0 radical (unpaired) electrons. The molecule has 1 aromatic carbocycles. The highest BCUT2D eigenvalue weighted by Gasteiger charge is 2.05. The van der Waals surface area contributed by atoms with Crippen LogP contribution in [0.3, 0.4) is 0 Å². The van der Waals surface area contributed by atoms with Crippen LogP contribution in [0.2, 0.25) is 5.02 Å². The molecular formula is C10H14ClNO. The van der Waals surface area contributed by atoms with Crippen LogP contribution in [0.4, 0.5) is 0 Å². The van der Waals surface area contributed by atoms with E-state index in [0.29, 0.717) is 11.6 Å². The van der Waals surface area contributed by atoms with Gasteiger partial charge in [0, 0.05) is 0 Å². The minimum Gasteiger partial charge on any atom is -0.495 e. The molecule has 0 spiro atoms. The van der Waals surface area contributed by atoms with Crippen LogP contribution in [0.25, 0.3) is 0 Å².